The molecule has 0 radical (unpaired) electrons. The molecule has 1 N–H and O–H groups in total. The fourth-order valence-electron chi connectivity index (χ4n) is 2.47. The standard InChI is InChI=1S/C14H22O.CH2O/c1-13(2,3)10-14(4,5)11-8-6-7-9-12(11)15;1-2/h6-9,15H,10H2,1-5H3;1H2. The summed E-state index contributed by atoms with van der Waals surface area (Å²) >= 11 is 0. The average Bonchev–Trinajstić information content (AvgIpc) is 2.17. The van der Waals surface area contributed by atoms with Crippen molar-refractivity contribution in [1.29, 1.82) is 0 Å². The van der Waals surface area contributed by atoms with E-state index in [-0.39, 0.29) is 10.8 Å². The molecule has 2 nitrogen and oxygen atoms in total. The van der Waals surface area contributed by atoms with Gasteiger partial charge in [0.2, 0.25) is 0 Å². The molecule has 0 saturated heterocycles. The van der Waals surface area contributed by atoms with Gasteiger partial charge in [-0.2, -0.15) is 0 Å². The number of rotatable bonds is 2. The number of carbonyl (C=O) groups excluding carboxylic acids is 1. The number of carbonyl (C=O) groups is 1. The molecular weight excluding hydrogens is 212 g/mol. The summed E-state index contributed by atoms with van der Waals surface area (Å²) in [5.41, 5.74) is 1.33. The highest BCUT2D eigenvalue weighted by molar-refractivity contribution is 5.37. The van der Waals surface area contributed by atoms with Crippen LogP contribution in [0.25, 0.3) is 0 Å². The second-order valence-electron chi connectivity index (χ2n) is 6.14. The highest BCUT2D eigenvalue weighted by Gasteiger charge is 2.28. The molecule has 0 fully saturated rings. The van der Waals surface area contributed by atoms with E-state index >= 15 is 0 Å². The number of benzene rings is 1. The van der Waals surface area contributed by atoms with E-state index in [1.165, 1.54) is 0 Å². The summed E-state index contributed by atoms with van der Waals surface area (Å²) in [6.07, 6.45) is 1.05. The van der Waals surface area contributed by atoms with Crippen LogP contribution in [0.2, 0.25) is 0 Å². The summed E-state index contributed by atoms with van der Waals surface area (Å²) in [5, 5.41) is 9.84. The zero-order valence-electron chi connectivity index (χ0n) is 11.6. The van der Waals surface area contributed by atoms with Crippen LogP contribution in [0.15, 0.2) is 24.3 Å². The Labute approximate surface area is 105 Å². The van der Waals surface area contributed by atoms with Crippen molar-refractivity contribution >= 4 is 6.79 Å². The fraction of sp³-hybridized carbons (Fsp3) is 0.533. The summed E-state index contributed by atoms with van der Waals surface area (Å²) in [7, 11) is 0. The normalized spacial score (nSPS) is 11.6. The third kappa shape index (κ3) is 5.03. The number of hydrogen-bond donors (Lipinski definition) is 1. The lowest BCUT2D eigenvalue weighted by Gasteiger charge is -2.33. The molecule has 17 heavy (non-hydrogen) atoms. The molecule has 0 spiro atoms. The van der Waals surface area contributed by atoms with Crippen molar-refractivity contribution in [3.8, 4) is 5.75 Å². The van der Waals surface area contributed by atoms with E-state index in [0.29, 0.717) is 5.75 Å². The van der Waals surface area contributed by atoms with E-state index in [1.807, 2.05) is 25.0 Å². The summed E-state index contributed by atoms with van der Waals surface area (Å²) < 4.78 is 0. The maximum absolute atomic E-state index is 9.84. The Hall–Kier alpha value is -1.31. The number of phenols is 1. The summed E-state index contributed by atoms with van der Waals surface area (Å²) in [5.74, 6) is 0.409. The van der Waals surface area contributed by atoms with Gasteiger partial charge in [0, 0.05) is 0 Å². The van der Waals surface area contributed by atoms with Gasteiger partial charge in [-0.1, -0.05) is 52.8 Å². The van der Waals surface area contributed by atoms with Crippen molar-refractivity contribution in [3.63, 3.8) is 0 Å². The van der Waals surface area contributed by atoms with Crippen molar-refractivity contribution < 1.29 is 9.90 Å². The topological polar surface area (TPSA) is 37.3 Å². The maximum Gasteiger partial charge on any atom is 0.119 e. The predicted molar refractivity (Wildman–Crippen MR) is 72.3 cm³/mol. The fourth-order valence-corrected chi connectivity index (χ4v) is 2.47. The SMILES string of the molecule is C=O.CC(C)(C)CC(C)(C)c1ccccc1O. The molecule has 0 aliphatic rings. The molecule has 0 aliphatic carbocycles. The van der Waals surface area contributed by atoms with Crippen LogP contribution in [0.4, 0.5) is 0 Å². The van der Waals surface area contributed by atoms with Gasteiger partial charge in [0.05, 0.1) is 0 Å². The molecule has 0 atom stereocenters. The monoisotopic (exact) mass is 236 g/mol. The maximum atomic E-state index is 9.84. The lowest BCUT2D eigenvalue weighted by atomic mass is 9.72. The van der Waals surface area contributed by atoms with Crippen molar-refractivity contribution in [1.82, 2.24) is 0 Å². The molecule has 0 aromatic heterocycles. The van der Waals surface area contributed by atoms with Crippen LogP contribution in [-0.4, -0.2) is 11.9 Å². The molecule has 0 bridgehead atoms. The molecule has 2 heteroatoms. The van der Waals surface area contributed by atoms with Crippen molar-refractivity contribution in [3.05, 3.63) is 29.8 Å². The average molecular weight is 236 g/mol. The predicted octanol–water partition coefficient (Wildman–Crippen LogP) is 3.92. The molecule has 0 amide bonds. The molecule has 1 aromatic carbocycles. The lowest BCUT2D eigenvalue weighted by molar-refractivity contribution is -0.0979. The highest BCUT2D eigenvalue weighted by Crippen LogP contribution is 2.39. The van der Waals surface area contributed by atoms with Crippen molar-refractivity contribution in [2.24, 2.45) is 5.41 Å². The second kappa shape index (κ2) is 5.85. The molecule has 0 aliphatic heterocycles. The van der Waals surface area contributed by atoms with E-state index < -0.39 is 0 Å². The summed E-state index contributed by atoms with van der Waals surface area (Å²) in [4.78, 5) is 8.00. The van der Waals surface area contributed by atoms with E-state index in [2.05, 4.69) is 34.6 Å². The van der Waals surface area contributed by atoms with E-state index in [1.54, 1.807) is 6.07 Å². The Morgan fingerprint density at radius 2 is 1.53 bits per heavy atom. The third-order valence-electron chi connectivity index (χ3n) is 2.61. The molecule has 96 valence electrons. The zero-order chi connectivity index (χ0) is 13.7. The van der Waals surface area contributed by atoms with Gasteiger partial charge in [-0.25, -0.2) is 0 Å². The Morgan fingerprint density at radius 3 is 1.94 bits per heavy atom. The molecular formula is C15H24O2. The Bertz CT molecular complexity index is 348. The number of aromatic hydroxyl groups is 1. The molecule has 0 saturated carbocycles. The molecule has 0 heterocycles. The van der Waals surface area contributed by atoms with Gasteiger partial charge in [-0.15, -0.1) is 0 Å². The van der Waals surface area contributed by atoms with Gasteiger partial charge in [-0.05, 0) is 28.9 Å². The van der Waals surface area contributed by atoms with Gasteiger partial charge in [-0.3, -0.25) is 0 Å². The number of phenolic OH excluding ortho intramolecular Hbond substituents is 1. The largest absolute Gasteiger partial charge is 0.508 e. The van der Waals surface area contributed by atoms with Gasteiger partial charge in [0.15, 0.2) is 0 Å². The zero-order valence-corrected chi connectivity index (χ0v) is 11.6. The lowest BCUT2D eigenvalue weighted by Crippen LogP contribution is -2.24. The van der Waals surface area contributed by atoms with Crippen molar-refractivity contribution in [2.75, 3.05) is 0 Å². The minimum absolute atomic E-state index is 0.0175. The van der Waals surface area contributed by atoms with Crippen LogP contribution in [0.3, 0.4) is 0 Å². The van der Waals surface area contributed by atoms with Crippen LogP contribution in [0.5, 0.6) is 5.75 Å². The summed E-state index contributed by atoms with van der Waals surface area (Å²) in [6, 6.07) is 7.63. The first-order chi connectivity index (χ1) is 7.72. The first-order valence-electron chi connectivity index (χ1n) is 5.80. The van der Waals surface area contributed by atoms with Crippen LogP contribution < -0.4 is 0 Å². The van der Waals surface area contributed by atoms with Crippen LogP contribution in [-0.2, 0) is 10.2 Å². The Balaban J connectivity index is 0.00000121. The van der Waals surface area contributed by atoms with Crippen LogP contribution in [0, 0.1) is 5.41 Å². The van der Waals surface area contributed by atoms with Gasteiger partial charge in [0.25, 0.3) is 0 Å². The highest BCUT2D eigenvalue weighted by atomic mass is 16.3. The van der Waals surface area contributed by atoms with E-state index in [9.17, 15) is 5.11 Å². The molecule has 1 rings (SSSR count). The molecule has 1 aromatic rings. The minimum Gasteiger partial charge on any atom is -0.508 e. The molecule has 0 unspecified atom stereocenters. The quantitative estimate of drug-likeness (QED) is 0.845. The Kier molecular flexibility index (Phi) is 5.40. The number of para-hydroxylation sites is 1. The van der Waals surface area contributed by atoms with Gasteiger partial charge >= 0.3 is 0 Å². The smallest absolute Gasteiger partial charge is 0.119 e. The van der Waals surface area contributed by atoms with Gasteiger partial charge in [0.1, 0.15) is 12.5 Å². The van der Waals surface area contributed by atoms with Crippen LogP contribution in [0.1, 0.15) is 46.6 Å². The Morgan fingerprint density at radius 1 is 1.06 bits per heavy atom. The van der Waals surface area contributed by atoms with E-state index in [4.69, 9.17) is 4.79 Å². The minimum atomic E-state index is 0.0175. The van der Waals surface area contributed by atoms with Crippen molar-refractivity contribution in [2.45, 2.75) is 46.5 Å². The summed E-state index contributed by atoms with van der Waals surface area (Å²) in [6.45, 7) is 13.1. The van der Waals surface area contributed by atoms with E-state index in [0.717, 1.165) is 12.0 Å². The first kappa shape index (κ1) is 15.7. The number of hydrogen-bond acceptors (Lipinski definition) is 2. The first-order valence-corrected chi connectivity index (χ1v) is 5.80. The van der Waals surface area contributed by atoms with Crippen LogP contribution >= 0.6 is 0 Å². The van der Waals surface area contributed by atoms with Gasteiger partial charge < -0.3 is 9.90 Å². The third-order valence-corrected chi connectivity index (χ3v) is 2.61. The second-order valence-corrected chi connectivity index (χ2v) is 6.14.